The number of carbonyl (C=O) groups is 1. The molecule has 0 aliphatic rings. The fourth-order valence-corrected chi connectivity index (χ4v) is 1.76. The van der Waals surface area contributed by atoms with E-state index >= 15 is 0 Å². The minimum absolute atomic E-state index is 0.482. The minimum Gasteiger partial charge on any atom is -0.456 e. The van der Waals surface area contributed by atoms with Gasteiger partial charge in [-0.15, -0.1) is 0 Å². The van der Waals surface area contributed by atoms with Gasteiger partial charge in [-0.3, -0.25) is 0 Å². The number of hydrogen-bond donors (Lipinski definition) is 1. The van der Waals surface area contributed by atoms with Crippen LogP contribution in [0.2, 0.25) is 5.02 Å². The van der Waals surface area contributed by atoms with E-state index in [2.05, 4.69) is 13.2 Å². The second kappa shape index (κ2) is 5.85. The number of halogens is 1. The molecule has 0 bridgehead atoms. The lowest BCUT2D eigenvalue weighted by molar-refractivity contribution is -0.153. The first-order chi connectivity index (χ1) is 8.43. The molecule has 1 rings (SSSR count). The summed E-state index contributed by atoms with van der Waals surface area (Å²) >= 11 is 5.88. The van der Waals surface area contributed by atoms with Gasteiger partial charge in [0.2, 0.25) is 0 Å². The van der Waals surface area contributed by atoms with E-state index in [0.717, 1.165) is 6.08 Å². The first kappa shape index (κ1) is 14.5. The number of benzene rings is 1. The minimum atomic E-state index is -1.50. The maximum atomic E-state index is 11.2. The molecule has 3 nitrogen and oxygen atoms in total. The van der Waals surface area contributed by atoms with E-state index in [9.17, 15) is 9.90 Å². The Morgan fingerprint density at radius 1 is 1.56 bits per heavy atom. The Kier molecular flexibility index (Phi) is 4.70. The molecule has 0 saturated carbocycles. The first-order valence-electron chi connectivity index (χ1n) is 5.39. The molecule has 0 heterocycles. The largest absolute Gasteiger partial charge is 0.456 e. The molecule has 2 atom stereocenters. The number of esters is 1. The monoisotopic (exact) mass is 266 g/mol. The second-order valence-corrected chi connectivity index (χ2v) is 4.26. The number of hydrogen-bond acceptors (Lipinski definition) is 3. The zero-order valence-electron chi connectivity index (χ0n) is 10.1. The van der Waals surface area contributed by atoms with Crippen LogP contribution >= 0.6 is 11.6 Å². The van der Waals surface area contributed by atoms with Crippen LogP contribution in [0.25, 0.3) is 0 Å². The van der Waals surface area contributed by atoms with Gasteiger partial charge in [0, 0.05) is 11.1 Å². The lowest BCUT2D eigenvalue weighted by atomic mass is 9.89. The molecular weight excluding hydrogens is 252 g/mol. The maximum Gasteiger partial charge on any atom is 0.330 e. The van der Waals surface area contributed by atoms with E-state index in [1.807, 2.05) is 0 Å². The number of rotatable bonds is 5. The Hall–Kier alpha value is -1.58. The molecule has 0 amide bonds. The summed E-state index contributed by atoms with van der Waals surface area (Å²) in [4.78, 5) is 11.2. The van der Waals surface area contributed by atoms with E-state index in [1.54, 1.807) is 31.2 Å². The van der Waals surface area contributed by atoms with Gasteiger partial charge < -0.3 is 9.84 Å². The molecule has 18 heavy (non-hydrogen) atoms. The first-order valence-corrected chi connectivity index (χ1v) is 5.77. The van der Waals surface area contributed by atoms with Gasteiger partial charge >= 0.3 is 5.97 Å². The normalized spacial score (nSPS) is 15.3. The number of carbonyl (C=O) groups excluding carboxylic acids is 1. The molecule has 4 heteroatoms. The van der Waals surface area contributed by atoms with E-state index in [1.165, 1.54) is 6.08 Å². The van der Waals surface area contributed by atoms with Crippen molar-refractivity contribution in [1.82, 2.24) is 0 Å². The van der Waals surface area contributed by atoms with Gasteiger partial charge in [-0.05, 0) is 24.6 Å². The highest BCUT2D eigenvalue weighted by atomic mass is 35.5. The smallest absolute Gasteiger partial charge is 0.330 e. The van der Waals surface area contributed by atoms with Crippen LogP contribution in [0.4, 0.5) is 0 Å². The molecule has 1 aromatic carbocycles. The third-order valence-electron chi connectivity index (χ3n) is 2.68. The molecule has 0 saturated heterocycles. The van der Waals surface area contributed by atoms with Gasteiger partial charge in [-0.2, -0.15) is 0 Å². The van der Waals surface area contributed by atoms with Crippen molar-refractivity contribution in [3.05, 3.63) is 60.2 Å². The van der Waals surface area contributed by atoms with Crippen molar-refractivity contribution in [3.8, 4) is 0 Å². The van der Waals surface area contributed by atoms with Crippen molar-refractivity contribution < 1.29 is 14.6 Å². The summed E-state index contributed by atoms with van der Waals surface area (Å²) in [7, 11) is 0. The van der Waals surface area contributed by atoms with Crippen molar-refractivity contribution in [3.63, 3.8) is 0 Å². The van der Waals surface area contributed by atoms with Crippen molar-refractivity contribution in [2.45, 2.75) is 18.6 Å². The predicted octanol–water partition coefficient (Wildman–Crippen LogP) is 2.83. The van der Waals surface area contributed by atoms with Gasteiger partial charge in [0.1, 0.15) is 11.7 Å². The van der Waals surface area contributed by atoms with E-state index in [0.29, 0.717) is 10.6 Å². The van der Waals surface area contributed by atoms with Crippen molar-refractivity contribution in [2.75, 3.05) is 0 Å². The lowest BCUT2D eigenvalue weighted by Crippen LogP contribution is -2.38. The maximum absolute atomic E-state index is 11.2. The fraction of sp³-hybridized carbons (Fsp3) is 0.214. The van der Waals surface area contributed by atoms with Crippen LogP contribution in [0, 0.1) is 0 Å². The molecule has 0 aliphatic heterocycles. The van der Waals surface area contributed by atoms with Gasteiger partial charge in [-0.1, -0.05) is 43.0 Å². The fourth-order valence-electron chi connectivity index (χ4n) is 1.57. The summed E-state index contributed by atoms with van der Waals surface area (Å²) in [5.74, 6) is -0.607. The summed E-state index contributed by atoms with van der Waals surface area (Å²) in [5.41, 5.74) is -0.988. The van der Waals surface area contributed by atoms with Crippen molar-refractivity contribution >= 4 is 17.6 Å². The van der Waals surface area contributed by atoms with Gasteiger partial charge in [0.15, 0.2) is 0 Å². The Morgan fingerprint density at radius 3 is 2.72 bits per heavy atom. The van der Waals surface area contributed by atoms with Crippen LogP contribution in [0.5, 0.6) is 0 Å². The Morgan fingerprint density at radius 2 is 2.22 bits per heavy atom. The average molecular weight is 267 g/mol. The Bertz CT molecular complexity index is 470. The molecule has 1 N–H and O–H groups in total. The third-order valence-corrected chi connectivity index (χ3v) is 2.91. The molecule has 0 unspecified atom stereocenters. The summed E-state index contributed by atoms with van der Waals surface area (Å²) in [6, 6.07) is 6.68. The van der Waals surface area contributed by atoms with E-state index in [4.69, 9.17) is 16.3 Å². The second-order valence-electron chi connectivity index (χ2n) is 3.82. The molecular formula is C14H15ClO3. The molecule has 96 valence electrons. The lowest BCUT2D eigenvalue weighted by Gasteiger charge is -2.31. The highest BCUT2D eigenvalue weighted by molar-refractivity contribution is 6.30. The molecule has 1 aromatic rings. The summed E-state index contributed by atoms with van der Waals surface area (Å²) in [6.07, 6.45) is 1.55. The summed E-state index contributed by atoms with van der Waals surface area (Å²) in [6.45, 7) is 8.46. The SMILES string of the molecule is C=CC(=O)O[C@H](C)[C@](O)(C=C)c1cccc(Cl)c1. The molecule has 0 aliphatic carbocycles. The van der Waals surface area contributed by atoms with Crippen LogP contribution in [0.3, 0.4) is 0 Å². The average Bonchev–Trinajstić information content (AvgIpc) is 2.37. The van der Waals surface area contributed by atoms with Crippen LogP contribution < -0.4 is 0 Å². The van der Waals surface area contributed by atoms with Crippen LogP contribution in [-0.2, 0) is 15.1 Å². The van der Waals surface area contributed by atoms with Gasteiger partial charge in [0.25, 0.3) is 0 Å². The predicted molar refractivity (Wildman–Crippen MR) is 71.3 cm³/mol. The Labute approximate surface area is 111 Å². The number of ether oxygens (including phenoxy) is 1. The standard InChI is InChI=1S/C14H15ClO3/c1-4-13(16)18-10(3)14(17,5-2)11-7-6-8-12(15)9-11/h4-10,17H,1-2H2,3H3/t10-,14-/m1/s1. The van der Waals surface area contributed by atoms with Crippen molar-refractivity contribution in [2.24, 2.45) is 0 Å². The quantitative estimate of drug-likeness (QED) is 0.506. The number of aliphatic hydroxyl groups is 1. The topological polar surface area (TPSA) is 46.5 Å². The van der Waals surface area contributed by atoms with Gasteiger partial charge in [-0.25, -0.2) is 4.79 Å². The molecule has 0 radical (unpaired) electrons. The third kappa shape index (κ3) is 3.00. The molecule has 0 aromatic heterocycles. The van der Waals surface area contributed by atoms with Crippen LogP contribution in [0.15, 0.2) is 49.6 Å². The summed E-state index contributed by atoms with van der Waals surface area (Å²) < 4.78 is 5.03. The van der Waals surface area contributed by atoms with Crippen LogP contribution in [0.1, 0.15) is 12.5 Å². The van der Waals surface area contributed by atoms with Gasteiger partial charge in [0.05, 0.1) is 0 Å². The molecule has 0 fully saturated rings. The van der Waals surface area contributed by atoms with Crippen molar-refractivity contribution in [1.29, 1.82) is 0 Å². The zero-order chi connectivity index (χ0) is 13.8. The molecule has 0 spiro atoms. The van der Waals surface area contributed by atoms with E-state index in [-0.39, 0.29) is 0 Å². The summed E-state index contributed by atoms with van der Waals surface area (Å²) in [5, 5.41) is 11.0. The van der Waals surface area contributed by atoms with Crippen LogP contribution in [-0.4, -0.2) is 17.2 Å². The zero-order valence-corrected chi connectivity index (χ0v) is 10.9. The Balaban J connectivity index is 3.08. The van der Waals surface area contributed by atoms with E-state index < -0.39 is 17.7 Å². The highest BCUT2D eigenvalue weighted by Gasteiger charge is 2.35. The highest BCUT2D eigenvalue weighted by Crippen LogP contribution is 2.30.